The molecule has 1 aliphatic heterocycles. The number of fused-ring (bicyclic) bond motifs is 1. The Kier molecular flexibility index (Phi) is 7.07. The van der Waals surface area contributed by atoms with Gasteiger partial charge in [-0.25, -0.2) is 14.8 Å². The zero-order chi connectivity index (χ0) is 27.7. The van der Waals surface area contributed by atoms with E-state index in [2.05, 4.69) is 34.9 Å². The Bertz CT molecular complexity index is 1470. The maximum atomic E-state index is 13.3. The maximum absolute atomic E-state index is 13.3. The molecule has 0 saturated carbocycles. The van der Waals surface area contributed by atoms with Crippen LogP contribution in [0.1, 0.15) is 38.1 Å². The summed E-state index contributed by atoms with van der Waals surface area (Å²) in [6, 6.07) is 11.8. The summed E-state index contributed by atoms with van der Waals surface area (Å²) in [5.74, 6) is 0.861. The summed E-state index contributed by atoms with van der Waals surface area (Å²) >= 11 is 0. The lowest BCUT2D eigenvalue weighted by Gasteiger charge is -2.47. The predicted octanol–water partition coefficient (Wildman–Crippen LogP) is 5.30. The van der Waals surface area contributed by atoms with Crippen LogP contribution < -0.4 is 15.0 Å². The van der Waals surface area contributed by atoms with Gasteiger partial charge in [0, 0.05) is 42.8 Å². The van der Waals surface area contributed by atoms with Crippen LogP contribution in [0, 0.1) is 6.92 Å². The van der Waals surface area contributed by atoms with E-state index >= 15 is 0 Å². The Morgan fingerprint density at radius 1 is 1.13 bits per heavy atom. The number of aryl methyl sites for hydroxylation is 1. The average Bonchev–Trinajstić information content (AvgIpc) is 3.32. The average molecular weight is 536 g/mol. The zero-order valence-corrected chi connectivity index (χ0v) is 22.3. The number of amides is 2. The van der Waals surface area contributed by atoms with E-state index in [1.165, 1.54) is 12.1 Å². The molecule has 9 nitrogen and oxygen atoms in total. The van der Waals surface area contributed by atoms with Gasteiger partial charge in [-0.1, -0.05) is 12.1 Å². The highest BCUT2D eigenvalue weighted by Gasteiger charge is 2.38. The van der Waals surface area contributed by atoms with Gasteiger partial charge in [0.2, 0.25) is 0 Å². The lowest BCUT2D eigenvalue weighted by atomic mass is 9.98. The van der Waals surface area contributed by atoms with Crippen LogP contribution in [0.5, 0.6) is 5.75 Å². The Hall–Kier alpha value is -4.28. The summed E-state index contributed by atoms with van der Waals surface area (Å²) in [6.45, 7) is 6.50. The molecule has 2 amide bonds. The monoisotopic (exact) mass is 535 g/mol. The number of piperazine rings is 1. The first-order valence-electron chi connectivity index (χ1n) is 12.8. The third kappa shape index (κ3) is 5.62. The number of hydrogen-bond donors (Lipinski definition) is 2. The summed E-state index contributed by atoms with van der Waals surface area (Å²) in [4.78, 5) is 34.1. The van der Waals surface area contributed by atoms with Crippen LogP contribution in [0.25, 0.3) is 22.3 Å². The number of nitrogens with zero attached hydrogens (tertiary/aromatic N) is 5. The molecule has 0 unspecified atom stereocenters. The smallest absolute Gasteiger partial charge is 0.387 e. The number of aromatic nitrogens is 4. The van der Waals surface area contributed by atoms with E-state index < -0.39 is 18.2 Å². The molecular formula is C28H31F2N7O2. The van der Waals surface area contributed by atoms with Crippen LogP contribution in [-0.2, 0) is 0 Å². The lowest BCUT2D eigenvalue weighted by molar-refractivity contribution is -0.0499. The van der Waals surface area contributed by atoms with Gasteiger partial charge < -0.3 is 24.8 Å². The van der Waals surface area contributed by atoms with Gasteiger partial charge in [0.25, 0.3) is 0 Å². The number of benzene rings is 1. The summed E-state index contributed by atoms with van der Waals surface area (Å²) in [7, 11) is 0. The first-order chi connectivity index (χ1) is 18.6. The molecule has 39 heavy (non-hydrogen) atoms. The molecule has 3 aromatic heterocycles. The summed E-state index contributed by atoms with van der Waals surface area (Å²) in [5, 5.41) is 3.90. The molecule has 1 fully saturated rings. The Balaban J connectivity index is 1.30. The molecule has 0 aliphatic carbocycles. The molecule has 1 aliphatic rings. The topological polar surface area (TPSA) is 99.3 Å². The second-order valence-corrected chi connectivity index (χ2v) is 10.3. The number of aromatic amines is 1. The van der Waals surface area contributed by atoms with Crippen molar-refractivity contribution in [2.45, 2.75) is 45.9 Å². The fourth-order valence-electron chi connectivity index (χ4n) is 4.98. The number of nitrogens with one attached hydrogen (secondary N) is 2. The summed E-state index contributed by atoms with van der Waals surface area (Å²) in [6.07, 6.45) is 3.38. The van der Waals surface area contributed by atoms with Crippen LogP contribution in [0.3, 0.4) is 0 Å². The summed E-state index contributed by atoms with van der Waals surface area (Å²) in [5.41, 5.74) is 3.72. The third-order valence-corrected chi connectivity index (χ3v) is 7.00. The number of pyridine rings is 1. The van der Waals surface area contributed by atoms with Crippen molar-refractivity contribution in [1.29, 1.82) is 0 Å². The molecule has 204 valence electrons. The van der Waals surface area contributed by atoms with Gasteiger partial charge in [0.1, 0.15) is 23.5 Å². The van der Waals surface area contributed by atoms with Crippen molar-refractivity contribution >= 4 is 22.9 Å². The van der Waals surface area contributed by atoms with Gasteiger partial charge in [0.05, 0.1) is 17.0 Å². The number of alkyl halides is 2. The number of hydrogen-bond acceptors (Lipinski definition) is 6. The minimum atomic E-state index is -2.91. The fraction of sp³-hybridized carbons (Fsp3) is 0.357. The molecule has 11 heteroatoms. The Labute approximate surface area is 225 Å². The largest absolute Gasteiger partial charge is 0.435 e. The second-order valence-electron chi connectivity index (χ2n) is 10.3. The van der Waals surface area contributed by atoms with Crippen LogP contribution in [0.15, 0.2) is 55.0 Å². The van der Waals surface area contributed by atoms with Crippen molar-refractivity contribution in [3.63, 3.8) is 0 Å². The zero-order valence-electron chi connectivity index (χ0n) is 22.3. The molecule has 0 spiro atoms. The van der Waals surface area contributed by atoms with Crippen LogP contribution in [-0.4, -0.2) is 62.7 Å². The van der Waals surface area contributed by atoms with Crippen molar-refractivity contribution in [3.8, 4) is 17.0 Å². The fourth-order valence-corrected chi connectivity index (χ4v) is 4.98. The Morgan fingerprint density at radius 2 is 1.95 bits per heavy atom. The molecule has 5 rings (SSSR count). The van der Waals surface area contributed by atoms with E-state index in [1.54, 1.807) is 23.4 Å². The first kappa shape index (κ1) is 26.3. The van der Waals surface area contributed by atoms with Gasteiger partial charge in [-0.05, 0) is 63.6 Å². The number of urea groups is 1. The Morgan fingerprint density at radius 3 is 2.67 bits per heavy atom. The van der Waals surface area contributed by atoms with Crippen molar-refractivity contribution in [3.05, 3.63) is 66.2 Å². The van der Waals surface area contributed by atoms with E-state index in [4.69, 9.17) is 0 Å². The highest BCUT2D eigenvalue weighted by atomic mass is 19.3. The van der Waals surface area contributed by atoms with Crippen LogP contribution in [0.4, 0.5) is 19.4 Å². The quantitative estimate of drug-likeness (QED) is 0.348. The van der Waals surface area contributed by atoms with Gasteiger partial charge in [-0.15, -0.1) is 0 Å². The third-order valence-electron chi connectivity index (χ3n) is 7.00. The predicted molar refractivity (Wildman–Crippen MR) is 145 cm³/mol. The number of carbonyl (C=O) groups excluding carboxylic acids is 1. The summed E-state index contributed by atoms with van der Waals surface area (Å²) < 4.78 is 29.7. The molecule has 4 aromatic rings. The molecule has 2 N–H and O–H groups in total. The molecule has 0 bridgehead atoms. The highest BCUT2D eigenvalue weighted by Crippen LogP contribution is 2.32. The number of rotatable bonds is 6. The SMILES string of the molecule is Cc1ccc(-c2cc3c(N4CCN(C(=O)N[C@@H](C)c5cccc(OC(F)F)c5)C(C)(C)C4)ncnc3[nH]2)cn1. The highest BCUT2D eigenvalue weighted by molar-refractivity contribution is 5.92. The molecular weight excluding hydrogens is 504 g/mol. The van der Waals surface area contributed by atoms with Crippen LogP contribution in [0.2, 0.25) is 0 Å². The number of anilines is 1. The number of halogens is 2. The van der Waals surface area contributed by atoms with Gasteiger partial charge in [-0.2, -0.15) is 8.78 Å². The molecule has 1 atom stereocenters. The van der Waals surface area contributed by atoms with Crippen molar-refractivity contribution in [2.75, 3.05) is 24.5 Å². The minimum Gasteiger partial charge on any atom is -0.435 e. The van der Waals surface area contributed by atoms with E-state index in [0.717, 1.165) is 33.8 Å². The number of ether oxygens (including phenoxy) is 1. The van der Waals surface area contributed by atoms with Crippen LogP contribution >= 0.6 is 0 Å². The minimum absolute atomic E-state index is 0.0558. The van der Waals surface area contributed by atoms with Gasteiger partial charge >= 0.3 is 12.6 Å². The number of carbonyl (C=O) groups is 1. The second kappa shape index (κ2) is 10.5. The normalized spacial score (nSPS) is 16.0. The molecule has 1 saturated heterocycles. The number of H-pyrrole nitrogens is 1. The standard InChI is InChI=1S/C28H31F2N7O2/c1-17-8-9-20(14-31-17)23-13-22-24(35-23)32-16-33-25(22)36-10-11-37(28(3,4)15-36)27(38)34-18(2)19-6-5-7-21(12-19)39-26(29)30/h5-9,12-14,16,18,26H,10-11,15H2,1-4H3,(H,34,38)(H,32,33,35)/t18-/m0/s1. The first-order valence-corrected chi connectivity index (χ1v) is 12.8. The van der Waals surface area contributed by atoms with Crippen molar-refractivity contribution in [1.82, 2.24) is 30.2 Å². The van der Waals surface area contributed by atoms with Crippen molar-refractivity contribution in [2.24, 2.45) is 0 Å². The van der Waals surface area contributed by atoms with E-state index in [9.17, 15) is 13.6 Å². The van der Waals surface area contributed by atoms with Crippen molar-refractivity contribution < 1.29 is 18.3 Å². The molecule has 4 heterocycles. The molecule has 1 aromatic carbocycles. The maximum Gasteiger partial charge on any atom is 0.387 e. The van der Waals surface area contributed by atoms with Gasteiger partial charge in [0.15, 0.2) is 0 Å². The van der Waals surface area contributed by atoms with E-state index in [0.29, 0.717) is 25.2 Å². The van der Waals surface area contributed by atoms with Gasteiger partial charge in [-0.3, -0.25) is 4.98 Å². The van der Waals surface area contributed by atoms with E-state index in [-0.39, 0.29) is 11.8 Å². The lowest BCUT2D eigenvalue weighted by Crippen LogP contribution is -2.63. The molecule has 0 radical (unpaired) electrons. The van der Waals surface area contributed by atoms with E-state index in [1.807, 2.05) is 52.1 Å².